The Morgan fingerprint density at radius 1 is 1.05 bits per heavy atom. The second-order valence-electron chi connectivity index (χ2n) is 4.22. The van der Waals surface area contributed by atoms with Crippen LogP contribution in [0.2, 0.25) is 0 Å². The van der Waals surface area contributed by atoms with E-state index in [4.69, 9.17) is 0 Å². The van der Waals surface area contributed by atoms with Crippen LogP contribution in [0.4, 0.5) is 11.8 Å². The summed E-state index contributed by atoms with van der Waals surface area (Å²) in [5.74, 6) is -3.28. The Balaban J connectivity index is 3.65. The van der Waals surface area contributed by atoms with E-state index in [-0.39, 0.29) is 5.95 Å². The van der Waals surface area contributed by atoms with E-state index in [9.17, 15) is 24.0 Å². The number of hydrogen-bond donors (Lipinski definition) is 2. The Morgan fingerprint density at radius 3 is 1.95 bits per heavy atom. The summed E-state index contributed by atoms with van der Waals surface area (Å²) in [5.41, 5.74) is -1.29. The minimum Gasteiger partial charge on any atom is -0.296 e. The molecule has 2 N–H and O–H groups in total. The largest absolute Gasteiger partial charge is 0.296 e. The number of nitrogens with zero attached hydrogens (tertiary/aromatic N) is 2. The zero-order valence-electron chi connectivity index (χ0n) is 11.9. The number of Topliss-reactive ketones (excluding diaryl/α,β-unsaturated/α-hetero) is 1. The first-order valence-corrected chi connectivity index (χ1v) is 5.89. The van der Waals surface area contributed by atoms with Crippen molar-refractivity contribution in [1.29, 1.82) is 0 Å². The average molecular weight is 294 g/mol. The number of carbonyl (C=O) groups is 4. The van der Waals surface area contributed by atoms with Gasteiger partial charge in [0.2, 0.25) is 23.7 Å². The highest BCUT2D eigenvalue weighted by molar-refractivity contribution is 6.16. The van der Waals surface area contributed by atoms with Gasteiger partial charge in [0.05, 0.1) is 0 Å². The van der Waals surface area contributed by atoms with E-state index in [0.717, 1.165) is 20.8 Å². The van der Waals surface area contributed by atoms with Gasteiger partial charge in [-0.15, -0.1) is 0 Å². The molecule has 3 amide bonds. The van der Waals surface area contributed by atoms with Gasteiger partial charge >= 0.3 is 0 Å². The average Bonchev–Trinajstić information content (AvgIpc) is 2.24. The number of aromatic nitrogens is 2. The van der Waals surface area contributed by atoms with Gasteiger partial charge in [0.25, 0.3) is 5.56 Å². The highest BCUT2D eigenvalue weighted by Gasteiger charge is 2.26. The molecule has 0 saturated heterocycles. The van der Waals surface area contributed by atoms with E-state index < -0.39 is 40.4 Å². The van der Waals surface area contributed by atoms with Crippen LogP contribution in [0.15, 0.2) is 4.79 Å². The molecule has 0 aliphatic heterocycles. The fourth-order valence-electron chi connectivity index (χ4n) is 1.69. The van der Waals surface area contributed by atoms with Crippen LogP contribution in [-0.4, -0.2) is 33.5 Å². The molecule has 0 bridgehead atoms. The molecule has 1 aromatic rings. The molecular formula is C12H14N4O5. The smallest absolute Gasteiger partial charge is 0.265 e. The van der Waals surface area contributed by atoms with Crippen LogP contribution < -0.4 is 15.8 Å². The zero-order chi connectivity index (χ0) is 16.3. The van der Waals surface area contributed by atoms with Crippen molar-refractivity contribution in [2.45, 2.75) is 27.7 Å². The number of anilines is 2. The minimum atomic E-state index is -0.858. The van der Waals surface area contributed by atoms with E-state index in [1.165, 1.54) is 6.92 Å². The first-order valence-electron chi connectivity index (χ1n) is 5.89. The maximum atomic E-state index is 11.9. The Kier molecular flexibility index (Phi) is 4.69. The number of carbonyl (C=O) groups excluding carboxylic acids is 4. The number of amides is 3. The van der Waals surface area contributed by atoms with Crippen molar-refractivity contribution in [3.05, 3.63) is 15.9 Å². The van der Waals surface area contributed by atoms with Crippen molar-refractivity contribution in [3.63, 3.8) is 0 Å². The molecule has 0 saturated carbocycles. The van der Waals surface area contributed by atoms with Gasteiger partial charge in [-0.25, -0.2) is 4.90 Å². The first kappa shape index (κ1) is 16.2. The van der Waals surface area contributed by atoms with Crippen molar-refractivity contribution in [2.75, 3.05) is 10.2 Å². The number of hydrogen-bond acceptors (Lipinski definition) is 6. The molecule has 0 unspecified atom stereocenters. The minimum absolute atomic E-state index is 0.264. The van der Waals surface area contributed by atoms with Crippen molar-refractivity contribution < 1.29 is 19.2 Å². The highest BCUT2D eigenvalue weighted by atomic mass is 16.2. The number of nitrogens with one attached hydrogen (secondary N) is 2. The topological polar surface area (TPSA) is 129 Å². The number of imide groups is 1. The fraction of sp³-hybridized carbons (Fsp3) is 0.333. The second-order valence-corrected chi connectivity index (χ2v) is 4.22. The Labute approximate surface area is 119 Å². The van der Waals surface area contributed by atoms with Crippen LogP contribution >= 0.6 is 0 Å². The molecule has 0 radical (unpaired) electrons. The maximum absolute atomic E-state index is 11.9. The molecule has 21 heavy (non-hydrogen) atoms. The van der Waals surface area contributed by atoms with Gasteiger partial charge in [0.1, 0.15) is 5.56 Å². The highest BCUT2D eigenvalue weighted by Crippen LogP contribution is 2.17. The number of ketones is 1. The summed E-state index contributed by atoms with van der Waals surface area (Å²) in [6.07, 6.45) is 0. The van der Waals surface area contributed by atoms with Gasteiger partial charge in [-0.05, 0) is 6.92 Å². The Bertz CT molecular complexity index is 677. The summed E-state index contributed by atoms with van der Waals surface area (Å²) in [7, 11) is 0. The van der Waals surface area contributed by atoms with Crippen LogP contribution in [0.3, 0.4) is 0 Å². The number of aromatic amines is 1. The van der Waals surface area contributed by atoms with E-state index in [1.807, 2.05) is 0 Å². The Morgan fingerprint density at radius 2 is 1.57 bits per heavy atom. The molecule has 0 spiro atoms. The molecule has 1 aromatic heterocycles. The van der Waals surface area contributed by atoms with E-state index in [2.05, 4.69) is 15.3 Å². The van der Waals surface area contributed by atoms with Gasteiger partial charge in [0.15, 0.2) is 11.6 Å². The van der Waals surface area contributed by atoms with Crippen molar-refractivity contribution in [3.8, 4) is 0 Å². The molecule has 0 aliphatic carbocycles. The van der Waals surface area contributed by atoms with Gasteiger partial charge in [-0.2, -0.15) is 4.98 Å². The van der Waals surface area contributed by atoms with Crippen LogP contribution in [0.1, 0.15) is 38.1 Å². The van der Waals surface area contributed by atoms with Gasteiger partial charge < -0.3 is 0 Å². The third kappa shape index (κ3) is 3.59. The van der Waals surface area contributed by atoms with E-state index in [0.29, 0.717) is 4.90 Å². The number of H-pyrrole nitrogens is 1. The predicted octanol–water partition coefficient (Wildman–Crippen LogP) is -0.170. The SMILES string of the molecule is CC(=O)Nc1nc(N(C(C)=O)C(C)=O)c(C(C)=O)c(=O)[nH]1. The zero-order valence-corrected chi connectivity index (χ0v) is 11.9. The number of rotatable bonds is 3. The molecule has 1 heterocycles. The molecule has 112 valence electrons. The van der Waals surface area contributed by atoms with E-state index in [1.54, 1.807) is 0 Å². The normalized spacial score (nSPS) is 9.90. The van der Waals surface area contributed by atoms with Gasteiger partial charge in [-0.1, -0.05) is 0 Å². The molecule has 1 rings (SSSR count). The monoisotopic (exact) mass is 294 g/mol. The van der Waals surface area contributed by atoms with Gasteiger partial charge in [0, 0.05) is 20.8 Å². The standard InChI is InChI=1S/C12H14N4O5/c1-5(17)9-10(16(7(3)19)8(4)20)14-12(13-6(2)18)15-11(9)21/h1-4H3,(H2,13,14,15,18,21). The van der Waals surface area contributed by atoms with Crippen LogP contribution in [0.25, 0.3) is 0 Å². The molecule has 0 atom stereocenters. The summed E-state index contributed by atoms with van der Waals surface area (Å²) < 4.78 is 0. The first-order chi connectivity index (χ1) is 9.65. The van der Waals surface area contributed by atoms with E-state index >= 15 is 0 Å². The summed E-state index contributed by atoms with van der Waals surface area (Å²) in [6, 6.07) is 0. The molecule has 9 nitrogen and oxygen atoms in total. The Hall–Kier alpha value is -2.84. The third-order valence-electron chi connectivity index (χ3n) is 2.39. The second kappa shape index (κ2) is 6.07. The van der Waals surface area contributed by atoms with Crippen LogP contribution in [0, 0.1) is 0 Å². The predicted molar refractivity (Wildman–Crippen MR) is 73.0 cm³/mol. The molecule has 0 aliphatic rings. The lowest BCUT2D eigenvalue weighted by Gasteiger charge is -2.18. The molecule has 0 aromatic carbocycles. The lowest BCUT2D eigenvalue weighted by atomic mass is 10.2. The summed E-state index contributed by atoms with van der Waals surface area (Å²) >= 11 is 0. The quantitative estimate of drug-likeness (QED) is 0.744. The van der Waals surface area contributed by atoms with Gasteiger partial charge in [-0.3, -0.25) is 34.3 Å². The molecular weight excluding hydrogens is 280 g/mol. The summed E-state index contributed by atoms with van der Waals surface area (Å²) in [4.78, 5) is 64.2. The lowest BCUT2D eigenvalue weighted by molar-refractivity contribution is -0.124. The summed E-state index contributed by atoms with van der Waals surface area (Å²) in [5, 5.41) is 2.22. The van der Waals surface area contributed by atoms with Crippen LogP contribution in [-0.2, 0) is 14.4 Å². The van der Waals surface area contributed by atoms with Crippen molar-refractivity contribution >= 4 is 35.3 Å². The molecule has 0 fully saturated rings. The fourth-order valence-corrected chi connectivity index (χ4v) is 1.69. The molecule has 9 heteroatoms. The van der Waals surface area contributed by atoms with Crippen molar-refractivity contribution in [1.82, 2.24) is 9.97 Å². The van der Waals surface area contributed by atoms with Crippen molar-refractivity contribution in [2.24, 2.45) is 0 Å². The summed E-state index contributed by atoms with van der Waals surface area (Å²) in [6.45, 7) is 4.47. The lowest BCUT2D eigenvalue weighted by Crippen LogP contribution is -2.37. The third-order valence-corrected chi connectivity index (χ3v) is 2.39. The van der Waals surface area contributed by atoms with Crippen LogP contribution in [0.5, 0.6) is 0 Å². The maximum Gasteiger partial charge on any atom is 0.265 e.